The predicted octanol–water partition coefficient (Wildman–Crippen LogP) is 2.46. The first-order valence-corrected chi connectivity index (χ1v) is 9.76. The average molecular weight is 380 g/mol. The Hall–Kier alpha value is -2.57. The zero-order chi connectivity index (χ0) is 19.1. The second-order valence-electron chi connectivity index (χ2n) is 7.62. The minimum atomic E-state index is -0.162. The highest BCUT2D eigenvalue weighted by Crippen LogP contribution is 2.38. The van der Waals surface area contributed by atoms with Gasteiger partial charge in [0.2, 0.25) is 5.91 Å². The number of para-hydroxylation sites is 2. The average Bonchev–Trinajstić information content (AvgIpc) is 3.09. The van der Waals surface area contributed by atoms with Crippen LogP contribution in [-0.4, -0.2) is 55.9 Å². The third kappa shape index (κ3) is 3.02. The number of carbonyl (C=O) groups excluding carboxylic acids is 1. The Labute approximate surface area is 164 Å². The molecule has 28 heavy (non-hydrogen) atoms. The van der Waals surface area contributed by atoms with Gasteiger partial charge in [-0.15, -0.1) is 0 Å². The lowest BCUT2D eigenvalue weighted by molar-refractivity contribution is -0.128. The lowest BCUT2D eigenvalue weighted by atomic mass is 10.1. The molecule has 0 aromatic heterocycles. The van der Waals surface area contributed by atoms with Crippen molar-refractivity contribution in [3.05, 3.63) is 54.1 Å². The van der Waals surface area contributed by atoms with Crippen molar-refractivity contribution in [2.24, 2.45) is 0 Å². The van der Waals surface area contributed by atoms with Gasteiger partial charge >= 0.3 is 0 Å². The Kier molecular flexibility index (Phi) is 4.45. The number of carbonyl (C=O) groups is 1. The summed E-state index contributed by atoms with van der Waals surface area (Å²) < 4.78 is 17.0. The maximum Gasteiger partial charge on any atom is 0.244 e. The number of fused-ring (bicyclic) bond motifs is 3. The van der Waals surface area contributed by atoms with Crippen LogP contribution >= 0.6 is 0 Å². The maximum absolute atomic E-state index is 13.7. The monoisotopic (exact) mass is 380 g/mol. The molecule has 3 aliphatic heterocycles. The molecule has 3 aliphatic rings. The van der Waals surface area contributed by atoms with Gasteiger partial charge in [-0.3, -0.25) is 9.69 Å². The zero-order valence-corrected chi connectivity index (χ0v) is 15.9. The molecule has 3 heterocycles. The van der Waals surface area contributed by atoms with Crippen LogP contribution in [0.5, 0.6) is 11.5 Å². The molecule has 0 saturated carbocycles. The molecule has 0 spiro atoms. The number of rotatable bonds is 4. The molecule has 2 aromatic carbocycles. The van der Waals surface area contributed by atoms with E-state index in [1.54, 1.807) is 7.11 Å². The van der Waals surface area contributed by atoms with Crippen LogP contribution in [0, 0.1) is 0 Å². The first-order valence-electron chi connectivity index (χ1n) is 9.76. The number of ether oxygens (including phenoxy) is 3. The van der Waals surface area contributed by atoms with Crippen LogP contribution in [0.25, 0.3) is 0 Å². The summed E-state index contributed by atoms with van der Waals surface area (Å²) in [5.74, 6) is 1.72. The SMILES string of the molecule is COc1ccc(CN2C(=O)[C@@H]3C[C@@H](CN3C3COC3)Oc3ccccc32)cc1. The third-order valence-electron chi connectivity index (χ3n) is 5.89. The number of hydrogen-bond donors (Lipinski definition) is 0. The molecule has 2 bridgehead atoms. The lowest BCUT2D eigenvalue weighted by Crippen LogP contribution is -2.55. The first kappa shape index (κ1) is 17.5. The van der Waals surface area contributed by atoms with E-state index in [4.69, 9.17) is 14.2 Å². The van der Waals surface area contributed by atoms with Crippen LogP contribution in [0.4, 0.5) is 5.69 Å². The Morgan fingerprint density at radius 1 is 1.11 bits per heavy atom. The van der Waals surface area contributed by atoms with E-state index in [0.29, 0.717) is 25.8 Å². The van der Waals surface area contributed by atoms with E-state index < -0.39 is 0 Å². The van der Waals surface area contributed by atoms with E-state index in [0.717, 1.165) is 35.7 Å². The number of methoxy groups -OCH3 is 1. The summed E-state index contributed by atoms with van der Waals surface area (Å²) in [7, 11) is 1.65. The number of nitrogens with zero attached hydrogens (tertiary/aromatic N) is 2. The molecule has 6 heteroatoms. The van der Waals surface area contributed by atoms with Crippen molar-refractivity contribution in [1.29, 1.82) is 0 Å². The molecule has 5 rings (SSSR count). The van der Waals surface area contributed by atoms with Crippen molar-refractivity contribution in [3.63, 3.8) is 0 Å². The smallest absolute Gasteiger partial charge is 0.244 e. The molecule has 0 N–H and O–H groups in total. The van der Waals surface area contributed by atoms with Crippen molar-refractivity contribution >= 4 is 11.6 Å². The minimum Gasteiger partial charge on any atom is -0.497 e. The summed E-state index contributed by atoms with van der Waals surface area (Å²) in [5, 5.41) is 0. The van der Waals surface area contributed by atoms with Crippen LogP contribution < -0.4 is 14.4 Å². The fourth-order valence-corrected chi connectivity index (χ4v) is 4.30. The van der Waals surface area contributed by atoms with Crippen molar-refractivity contribution < 1.29 is 19.0 Å². The van der Waals surface area contributed by atoms with Crippen LogP contribution in [0.2, 0.25) is 0 Å². The molecule has 2 aromatic rings. The van der Waals surface area contributed by atoms with Gasteiger partial charge in [-0.2, -0.15) is 0 Å². The van der Waals surface area contributed by atoms with E-state index in [-0.39, 0.29) is 18.1 Å². The quantitative estimate of drug-likeness (QED) is 0.816. The van der Waals surface area contributed by atoms with E-state index in [1.165, 1.54) is 0 Å². The normalized spacial score (nSPS) is 24.8. The zero-order valence-electron chi connectivity index (χ0n) is 15.9. The predicted molar refractivity (Wildman–Crippen MR) is 105 cm³/mol. The van der Waals surface area contributed by atoms with E-state index in [1.807, 2.05) is 53.4 Å². The third-order valence-corrected chi connectivity index (χ3v) is 5.89. The van der Waals surface area contributed by atoms with Crippen molar-refractivity contribution in [2.75, 3.05) is 31.8 Å². The van der Waals surface area contributed by atoms with Crippen LogP contribution in [0.15, 0.2) is 48.5 Å². The second kappa shape index (κ2) is 7.11. The summed E-state index contributed by atoms with van der Waals surface area (Å²) in [6.07, 6.45) is 0.766. The van der Waals surface area contributed by atoms with Crippen molar-refractivity contribution in [2.45, 2.75) is 31.2 Å². The molecule has 1 amide bonds. The molecular formula is C22H24N2O4. The molecule has 2 saturated heterocycles. The Morgan fingerprint density at radius 3 is 2.61 bits per heavy atom. The Bertz CT molecular complexity index is 865. The maximum atomic E-state index is 13.7. The molecular weight excluding hydrogens is 356 g/mol. The first-order chi connectivity index (χ1) is 13.7. The molecule has 146 valence electrons. The van der Waals surface area contributed by atoms with Gasteiger partial charge in [0, 0.05) is 13.0 Å². The minimum absolute atomic E-state index is 0.0406. The highest BCUT2D eigenvalue weighted by Gasteiger charge is 2.46. The van der Waals surface area contributed by atoms with Gasteiger partial charge in [-0.05, 0) is 29.8 Å². The van der Waals surface area contributed by atoms with Gasteiger partial charge in [0.1, 0.15) is 17.6 Å². The number of likely N-dealkylation sites (tertiary alicyclic amines) is 1. The lowest BCUT2D eigenvalue weighted by Gasteiger charge is -2.38. The number of benzene rings is 2. The molecule has 2 atom stereocenters. The summed E-state index contributed by atoms with van der Waals surface area (Å²) >= 11 is 0. The standard InChI is InChI=1S/C22H24N2O4/c1-26-17-8-6-15(7-9-17)11-24-19-4-2-3-5-21(19)28-18-10-20(22(24)25)23(12-18)16-13-27-14-16/h2-9,16,18,20H,10-14H2,1H3/t18-,20-/m0/s1. The van der Waals surface area contributed by atoms with Crippen molar-refractivity contribution in [3.8, 4) is 11.5 Å². The summed E-state index contributed by atoms with van der Waals surface area (Å²) in [6, 6.07) is 15.9. The number of anilines is 1. The fourth-order valence-electron chi connectivity index (χ4n) is 4.30. The highest BCUT2D eigenvalue weighted by molar-refractivity contribution is 5.99. The van der Waals surface area contributed by atoms with Gasteiger partial charge in [0.25, 0.3) is 0 Å². The number of amides is 1. The van der Waals surface area contributed by atoms with Gasteiger partial charge in [0.05, 0.1) is 44.6 Å². The van der Waals surface area contributed by atoms with E-state index >= 15 is 0 Å². The van der Waals surface area contributed by atoms with Crippen LogP contribution in [0.1, 0.15) is 12.0 Å². The topological polar surface area (TPSA) is 51.2 Å². The largest absolute Gasteiger partial charge is 0.497 e. The summed E-state index contributed by atoms with van der Waals surface area (Å²) in [6.45, 7) is 2.67. The second-order valence-corrected chi connectivity index (χ2v) is 7.62. The Balaban J connectivity index is 1.50. The van der Waals surface area contributed by atoms with Gasteiger partial charge in [-0.25, -0.2) is 0 Å². The fraction of sp³-hybridized carbons (Fsp3) is 0.409. The van der Waals surface area contributed by atoms with Gasteiger partial charge < -0.3 is 19.1 Å². The summed E-state index contributed by atoms with van der Waals surface area (Å²) in [5.41, 5.74) is 1.89. The van der Waals surface area contributed by atoms with E-state index in [9.17, 15) is 4.79 Å². The highest BCUT2D eigenvalue weighted by atomic mass is 16.5. The molecule has 2 fully saturated rings. The Morgan fingerprint density at radius 2 is 1.89 bits per heavy atom. The molecule has 0 unspecified atom stereocenters. The van der Waals surface area contributed by atoms with Gasteiger partial charge in [-0.1, -0.05) is 24.3 Å². The van der Waals surface area contributed by atoms with Crippen LogP contribution in [-0.2, 0) is 16.1 Å². The van der Waals surface area contributed by atoms with Crippen molar-refractivity contribution in [1.82, 2.24) is 4.90 Å². The van der Waals surface area contributed by atoms with Crippen LogP contribution in [0.3, 0.4) is 0 Å². The molecule has 0 aliphatic carbocycles. The van der Waals surface area contributed by atoms with Gasteiger partial charge in [0.15, 0.2) is 0 Å². The molecule has 0 radical (unpaired) electrons. The summed E-state index contributed by atoms with van der Waals surface area (Å²) in [4.78, 5) is 17.8. The van der Waals surface area contributed by atoms with E-state index in [2.05, 4.69) is 4.90 Å². The molecule has 6 nitrogen and oxygen atoms in total. The number of hydrogen-bond acceptors (Lipinski definition) is 5.